The minimum atomic E-state index is 0.767. The van der Waals surface area contributed by atoms with Crippen LogP contribution in [0.25, 0.3) is 0 Å². The summed E-state index contributed by atoms with van der Waals surface area (Å²) < 4.78 is 0. The fourth-order valence-electron chi connectivity index (χ4n) is 1.64. The van der Waals surface area contributed by atoms with E-state index in [0.29, 0.717) is 0 Å². The van der Waals surface area contributed by atoms with Crippen molar-refractivity contribution in [1.82, 2.24) is 5.32 Å². The third kappa shape index (κ3) is 4.96. The van der Waals surface area contributed by atoms with Gasteiger partial charge in [0.25, 0.3) is 0 Å². The molecule has 0 heterocycles. The van der Waals surface area contributed by atoms with E-state index in [4.69, 9.17) is 5.73 Å². The molecule has 0 bridgehead atoms. The fraction of sp³-hybridized carbons (Fsp3) is 0.538. The van der Waals surface area contributed by atoms with E-state index < -0.39 is 0 Å². The first-order valence-corrected chi connectivity index (χ1v) is 5.85. The molecule has 0 spiro atoms. The molecular formula is C13H22N2. The Hall–Kier alpha value is -0.860. The Morgan fingerprint density at radius 1 is 1.27 bits per heavy atom. The highest BCUT2D eigenvalue weighted by atomic mass is 14.8. The van der Waals surface area contributed by atoms with E-state index in [2.05, 4.69) is 36.5 Å². The monoisotopic (exact) mass is 206 g/mol. The Balaban J connectivity index is 2.36. The van der Waals surface area contributed by atoms with Gasteiger partial charge in [0.15, 0.2) is 0 Å². The summed E-state index contributed by atoms with van der Waals surface area (Å²) in [5, 5.41) is 3.39. The van der Waals surface area contributed by atoms with E-state index in [1.807, 2.05) is 0 Å². The van der Waals surface area contributed by atoms with Crippen LogP contribution in [-0.2, 0) is 13.0 Å². The van der Waals surface area contributed by atoms with Crippen LogP contribution in [0, 0.1) is 0 Å². The normalized spacial score (nSPS) is 10.5. The van der Waals surface area contributed by atoms with Gasteiger partial charge in [-0.05, 0) is 37.1 Å². The molecule has 0 radical (unpaired) electrons. The first-order valence-electron chi connectivity index (χ1n) is 5.85. The van der Waals surface area contributed by atoms with Crippen LogP contribution in [0.4, 0.5) is 0 Å². The van der Waals surface area contributed by atoms with E-state index in [-0.39, 0.29) is 0 Å². The summed E-state index contributed by atoms with van der Waals surface area (Å²) in [6.45, 7) is 4.95. The molecule has 0 aliphatic carbocycles. The van der Waals surface area contributed by atoms with Gasteiger partial charge in [-0.2, -0.15) is 0 Å². The quantitative estimate of drug-likeness (QED) is 0.670. The second-order valence-electron chi connectivity index (χ2n) is 3.89. The molecule has 0 unspecified atom stereocenters. The third-order valence-corrected chi connectivity index (χ3v) is 2.42. The number of hydrogen-bond donors (Lipinski definition) is 2. The van der Waals surface area contributed by atoms with Crippen LogP contribution < -0.4 is 11.1 Å². The molecule has 0 saturated heterocycles. The van der Waals surface area contributed by atoms with Crippen LogP contribution in [0.3, 0.4) is 0 Å². The molecule has 15 heavy (non-hydrogen) atoms. The third-order valence-electron chi connectivity index (χ3n) is 2.42. The zero-order chi connectivity index (χ0) is 10.9. The molecule has 0 aromatic heterocycles. The Kier molecular flexibility index (Phi) is 6.05. The van der Waals surface area contributed by atoms with Crippen LogP contribution in [-0.4, -0.2) is 13.1 Å². The molecule has 0 aliphatic rings. The zero-order valence-corrected chi connectivity index (χ0v) is 9.63. The second-order valence-corrected chi connectivity index (χ2v) is 3.89. The minimum absolute atomic E-state index is 0.767. The average Bonchev–Trinajstić information content (AvgIpc) is 2.26. The zero-order valence-electron chi connectivity index (χ0n) is 9.63. The van der Waals surface area contributed by atoms with Gasteiger partial charge in [0.1, 0.15) is 0 Å². The van der Waals surface area contributed by atoms with Crippen LogP contribution in [0.5, 0.6) is 0 Å². The van der Waals surface area contributed by atoms with Crippen LogP contribution in [0.1, 0.15) is 30.9 Å². The summed E-state index contributed by atoms with van der Waals surface area (Å²) in [5.74, 6) is 0. The van der Waals surface area contributed by atoms with Gasteiger partial charge in [-0.1, -0.05) is 37.6 Å². The number of hydrogen-bond acceptors (Lipinski definition) is 2. The van der Waals surface area contributed by atoms with Crippen molar-refractivity contribution in [3.8, 4) is 0 Å². The van der Waals surface area contributed by atoms with Crippen molar-refractivity contribution in [1.29, 1.82) is 0 Å². The van der Waals surface area contributed by atoms with Gasteiger partial charge in [-0.25, -0.2) is 0 Å². The molecule has 84 valence electrons. The van der Waals surface area contributed by atoms with Crippen molar-refractivity contribution in [2.24, 2.45) is 5.73 Å². The molecule has 0 amide bonds. The molecule has 1 aromatic carbocycles. The summed E-state index contributed by atoms with van der Waals surface area (Å²) in [7, 11) is 0. The SMILES string of the molecule is CCCc1cccc(CNCCCN)c1. The van der Waals surface area contributed by atoms with Gasteiger partial charge < -0.3 is 11.1 Å². The molecular weight excluding hydrogens is 184 g/mol. The van der Waals surface area contributed by atoms with Crippen molar-refractivity contribution >= 4 is 0 Å². The Labute approximate surface area is 92.9 Å². The summed E-state index contributed by atoms with van der Waals surface area (Å²) in [6.07, 6.45) is 3.44. The number of rotatable bonds is 7. The van der Waals surface area contributed by atoms with Gasteiger partial charge in [0.2, 0.25) is 0 Å². The lowest BCUT2D eigenvalue weighted by molar-refractivity contribution is 0.655. The standard InChI is InChI=1S/C13H22N2/c1-2-5-12-6-3-7-13(10-12)11-15-9-4-8-14/h3,6-7,10,15H,2,4-5,8-9,11,14H2,1H3. The summed E-state index contributed by atoms with van der Waals surface area (Å²) >= 11 is 0. The first kappa shape index (κ1) is 12.2. The van der Waals surface area contributed by atoms with Gasteiger partial charge in [-0.3, -0.25) is 0 Å². The molecule has 2 nitrogen and oxygen atoms in total. The minimum Gasteiger partial charge on any atom is -0.330 e. The maximum atomic E-state index is 5.43. The van der Waals surface area contributed by atoms with Crippen molar-refractivity contribution < 1.29 is 0 Å². The predicted molar refractivity (Wildman–Crippen MR) is 65.8 cm³/mol. The molecule has 2 heteroatoms. The Bertz CT molecular complexity index is 271. The van der Waals surface area contributed by atoms with Crippen molar-refractivity contribution in [2.45, 2.75) is 32.7 Å². The highest BCUT2D eigenvalue weighted by Crippen LogP contribution is 2.07. The molecule has 0 saturated carbocycles. The molecule has 1 aromatic rings. The fourth-order valence-corrected chi connectivity index (χ4v) is 1.64. The van der Waals surface area contributed by atoms with Crippen molar-refractivity contribution in [3.63, 3.8) is 0 Å². The van der Waals surface area contributed by atoms with E-state index in [1.54, 1.807) is 0 Å². The van der Waals surface area contributed by atoms with Gasteiger partial charge >= 0.3 is 0 Å². The lowest BCUT2D eigenvalue weighted by atomic mass is 10.1. The van der Waals surface area contributed by atoms with Crippen LogP contribution in [0.2, 0.25) is 0 Å². The average molecular weight is 206 g/mol. The van der Waals surface area contributed by atoms with E-state index in [0.717, 1.165) is 26.1 Å². The topological polar surface area (TPSA) is 38.0 Å². The highest BCUT2D eigenvalue weighted by Gasteiger charge is 1.95. The summed E-state index contributed by atoms with van der Waals surface area (Å²) in [6, 6.07) is 8.81. The van der Waals surface area contributed by atoms with Gasteiger partial charge in [-0.15, -0.1) is 0 Å². The number of nitrogens with two attached hydrogens (primary N) is 1. The van der Waals surface area contributed by atoms with E-state index in [1.165, 1.54) is 24.0 Å². The number of aryl methyl sites for hydroxylation is 1. The van der Waals surface area contributed by atoms with Crippen LogP contribution in [0.15, 0.2) is 24.3 Å². The lowest BCUT2D eigenvalue weighted by Gasteiger charge is -2.06. The Morgan fingerprint density at radius 2 is 2.07 bits per heavy atom. The van der Waals surface area contributed by atoms with Crippen molar-refractivity contribution in [3.05, 3.63) is 35.4 Å². The largest absolute Gasteiger partial charge is 0.330 e. The Morgan fingerprint density at radius 3 is 2.80 bits per heavy atom. The maximum absolute atomic E-state index is 5.43. The number of nitrogens with one attached hydrogen (secondary N) is 1. The smallest absolute Gasteiger partial charge is 0.0205 e. The first-order chi connectivity index (χ1) is 7.36. The van der Waals surface area contributed by atoms with Gasteiger partial charge in [0.05, 0.1) is 0 Å². The van der Waals surface area contributed by atoms with Gasteiger partial charge in [0, 0.05) is 6.54 Å². The van der Waals surface area contributed by atoms with Crippen LogP contribution >= 0.6 is 0 Å². The predicted octanol–water partition coefficient (Wildman–Crippen LogP) is 2.08. The van der Waals surface area contributed by atoms with Crippen molar-refractivity contribution in [2.75, 3.05) is 13.1 Å². The molecule has 0 aliphatic heterocycles. The lowest BCUT2D eigenvalue weighted by Crippen LogP contribution is -2.17. The second kappa shape index (κ2) is 7.43. The highest BCUT2D eigenvalue weighted by molar-refractivity contribution is 5.23. The van der Waals surface area contributed by atoms with E-state index in [9.17, 15) is 0 Å². The molecule has 0 atom stereocenters. The molecule has 1 rings (SSSR count). The van der Waals surface area contributed by atoms with E-state index >= 15 is 0 Å². The molecule has 3 N–H and O–H groups in total. The molecule has 0 fully saturated rings. The summed E-state index contributed by atoms with van der Waals surface area (Å²) in [4.78, 5) is 0. The summed E-state index contributed by atoms with van der Waals surface area (Å²) in [5.41, 5.74) is 8.25. The number of benzene rings is 1. The maximum Gasteiger partial charge on any atom is 0.0205 e.